The third-order valence-electron chi connectivity index (χ3n) is 3.80. The third-order valence-corrected chi connectivity index (χ3v) is 3.80. The number of hydrogen-bond acceptors (Lipinski definition) is 5. The minimum absolute atomic E-state index is 0.00273. The molecule has 134 valence electrons. The quantitative estimate of drug-likeness (QED) is 0.728. The molecule has 1 aromatic carbocycles. The van der Waals surface area contributed by atoms with Gasteiger partial charge in [0.1, 0.15) is 12.6 Å². The number of carboxylic acids is 1. The van der Waals surface area contributed by atoms with E-state index in [-0.39, 0.29) is 5.92 Å². The number of hydrogen-bond donors (Lipinski definition) is 2. The molecule has 0 aliphatic carbocycles. The van der Waals surface area contributed by atoms with Crippen LogP contribution in [0.4, 0.5) is 0 Å². The van der Waals surface area contributed by atoms with Crippen LogP contribution in [-0.4, -0.2) is 29.2 Å². The average molecular weight is 344 g/mol. The van der Waals surface area contributed by atoms with Crippen LogP contribution < -0.4 is 14.8 Å². The summed E-state index contributed by atoms with van der Waals surface area (Å²) >= 11 is 0. The molecule has 0 bridgehead atoms. The van der Waals surface area contributed by atoms with Gasteiger partial charge in [-0.05, 0) is 29.7 Å². The zero-order chi connectivity index (χ0) is 18.2. The van der Waals surface area contributed by atoms with Gasteiger partial charge in [-0.15, -0.1) is 0 Å². The first-order chi connectivity index (χ1) is 12.0. The van der Waals surface area contributed by atoms with E-state index in [4.69, 9.17) is 9.47 Å². The first kappa shape index (κ1) is 18.7. The predicted octanol–water partition coefficient (Wildman–Crippen LogP) is 2.87. The van der Waals surface area contributed by atoms with Crippen molar-refractivity contribution in [2.24, 2.45) is 5.92 Å². The smallest absolute Gasteiger partial charge is 0.320 e. The van der Waals surface area contributed by atoms with Crippen molar-refractivity contribution in [3.05, 3.63) is 53.9 Å². The number of rotatable bonds is 9. The number of carbonyl (C=O) groups is 1. The summed E-state index contributed by atoms with van der Waals surface area (Å²) < 4.78 is 11.2. The van der Waals surface area contributed by atoms with Crippen molar-refractivity contribution in [1.82, 2.24) is 10.3 Å². The van der Waals surface area contributed by atoms with Gasteiger partial charge < -0.3 is 19.9 Å². The Balaban J connectivity index is 2.06. The van der Waals surface area contributed by atoms with Gasteiger partial charge in [-0.2, -0.15) is 0 Å². The molecule has 0 saturated heterocycles. The van der Waals surface area contributed by atoms with Crippen molar-refractivity contribution in [2.45, 2.75) is 33.0 Å². The second-order valence-electron chi connectivity index (χ2n) is 6.08. The van der Waals surface area contributed by atoms with Gasteiger partial charge in [0.25, 0.3) is 0 Å². The van der Waals surface area contributed by atoms with Crippen molar-refractivity contribution in [3.63, 3.8) is 0 Å². The van der Waals surface area contributed by atoms with Gasteiger partial charge in [0.05, 0.1) is 7.11 Å². The van der Waals surface area contributed by atoms with Crippen molar-refractivity contribution in [3.8, 4) is 11.5 Å². The van der Waals surface area contributed by atoms with Crippen molar-refractivity contribution >= 4 is 5.97 Å². The highest BCUT2D eigenvalue weighted by molar-refractivity contribution is 5.73. The monoisotopic (exact) mass is 344 g/mol. The molecule has 1 heterocycles. The molecule has 0 aliphatic heterocycles. The van der Waals surface area contributed by atoms with Crippen LogP contribution in [0.25, 0.3) is 0 Å². The maximum Gasteiger partial charge on any atom is 0.320 e. The van der Waals surface area contributed by atoms with Crippen molar-refractivity contribution in [1.29, 1.82) is 0 Å². The highest BCUT2D eigenvalue weighted by Crippen LogP contribution is 2.29. The predicted molar refractivity (Wildman–Crippen MR) is 94.7 cm³/mol. The molecule has 6 nitrogen and oxygen atoms in total. The molecule has 0 saturated carbocycles. The molecule has 0 spiro atoms. The number of benzene rings is 1. The zero-order valence-corrected chi connectivity index (χ0v) is 14.7. The van der Waals surface area contributed by atoms with Crippen LogP contribution in [0.5, 0.6) is 11.5 Å². The number of carboxylic acid groups (broad SMARTS) is 1. The maximum atomic E-state index is 11.3. The van der Waals surface area contributed by atoms with Gasteiger partial charge in [-0.1, -0.05) is 26.0 Å². The fraction of sp³-hybridized carbons (Fsp3) is 0.368. The molecule has 0 radical (unpaired) electrons. The minimum Gasteiger partial charge on any atom is -0.493 e. The van der Waals surface area contributed by atoms with E-state index in [0.29, 0.717) is 24.7 Å². The lowest BCUT2D eigenvalue weighted by Gasteiger charge is -2.18. The number of aliphatic carboxylic acids is 1. The van der Waals surface area contributed by atoms with Crippen molar-refractivity contribution in [2.75, 3.05) is 7.11 Å². The van der Waals surface area contributed by atoms with E-state index in [1.165, 1.54) is 0 Å². The number of nitrogens with zero attached hydrogens (tertiary/aromatic N) is 1. The molecule has 2 N–H and O–H groups in total. The standard InChI is InChI=1S/C19H24N2O4/c1-13(2)18(19(22)23)21-11-14-6-7-16(24-3)17(9-14)25-12-15-5-4-8-20-10-15/h4-10,13,18,21H,11-12H2,1-3H3,(H,22,23)/t18-/m1/s1. The molecule has 2 aromatic rings. The highest BCUT2D eigenvalue weighted by Gasteiger charge is 2.20. The number of aromatic nitrogens is 1. The van der Waals surface area contributed by atoms with Crippen LogP contribution in [0.3, 0.4) is 0 Å². The Bertz CT molecular complexity index is 689. The van der Waals surface area contributed by atoms with Gasteiger partial charge in [0.15, 0.2) is 11.5 Å². The van der Waals surface area contributed by atoms with E-state index in [0.717, 1.165) is 11.1 Å². The molecular formula is C19H24N2O4. The number of methoxy groups -OCH3 is 1. The Labute approximate surface area is 147 Å². The Kier molecular flexibility index (Phi) is 6.77. The van der Waals surface area contributed by atoms with Gasteiger partial charge in [-0.25, -0.2) is 0 Å². The van der Waals surface area contributed by atoms with Crippen molar-refractivity contribution < 1.29 is 19.4 Å². The van der Waals surface area contributed by atoms with E-state index in [1.807, 2.05) is 44.2 Å². The van der Waals surface area contributed by atoms with Crippen LogP contribution in [0, 0.1) is 5.92 Å². The minimum atomic E-state index is -0.850. The van der Waals surface area contributed by atoms with E-state index < -0.39 is 12.0 Å². The Morgan fingerprint density at radius 1 is 1.24 bits per heavy atom. The van der Waals surface area contributed by atoms with Gasteiger partial charge >= 0.3 is 5.97 Å². The van der Waals surface area contributed by atoms with Crippen LogP contribution in [0.15, 0.2) is 42.7 Å². The Hall–Kier alpha value is -2.60. The number of ether oxygens (including phenoxy) is 2. The fourth-order valence-electron chi connectivity index (χ4n) is 2.42. The van der Waals surface area contributed by atoms with Gasteiger partial charge in [0, 0.05) is 24.5 Å². The Morgan fingerprint density at radius 2 is 2.04 bits per heavy atom. The first-order valence-electron chi connectivity index (χ1n) is 8.16. The molecule has 0 fully saturated rings. The van der Waals surface area contributed by atoms with E-state index in [9.17, 15) is 9.90 Å². The van der Waals surface area contributed by atoms with Crippen LogP contribution >= 0.6 is 0 Å². The molecule has 1 aromatic heterocycles. The second-order valence-corrected chi connectivity index (χ2v) is 6.08. The topological polar surface area (TPSA) is 80.7 Å². The summed E-state index contributed by atoms with van der Waals surface area (Å²) in [6, 6.07) is 8.77. The summed E-state index contributed by atoms with van der Waals surface area (Å²) in [6.45, 7) is 4.57. The normalized spacial score (nSPS) is 12.0. The summed E-state index contributed by atoms with van der Waals surface area (Å²) in [4.78, 5) is 15.3. The summed E-state index contributed by atoms with van der Waals surface area (Å²) in [7, 11) is 1.59. The van der Waals surface area contributed by atoms with Crippen LogP contribution in [0.1, 0.15) is 25.0 Å². The summed E-state index contributed by atoms with van der Waals surface area (Å²) in [5.41, 5.74) is 1.88. The summed E-state index contributed by atoms with van der Waals surface area (Å²) in [5.74, 6) is 0.391. The lowest BCUT2D eigenvalue weighted by Crippen LogP contribution is -2.40. The SMILES string of the molecule is COc1ccc(CN[C@@H](C(=O)O)C(C)C)cc1OCc1cccnc1. The molecular weight excluding hydrogens is 320 g/mol. The fourth-order valence-corrected chi connectivity index (χ4v) is 2.42. The van der Waals surface area contributed by atoms with Crippen LogP contribution in [0.2, 0.25) is 0 Å². The molecule has 2 rings (SSSR count). The molecule has 0 unspecified atom stereocenters. The van der Waals surface area contributed by atoms with E-state index in [1.54, 1.807) is 19.5 Å². The zero-order valence-electron chi connectivity index (χ0n) is 14.7. The molecule has 25 heavy (non-hydrogen) atoms. The Morgan fingerprint density at radius 3 is 2.64 bits per heavy atom. The van der Waals surface area contributed by atoms with Crippen LogP contribution in [-0.2, 0) is 17.9 Å². The largest absolute Gasteiger partial charge is 0.493 e. The van der Waals surface area contributed by atoms with Gasteiger partial charge in [0.2, 0.25) is 0 Å². The lowest BCUT2D eigenvalue weighted by molar-refractivity contribution is -0.140. The molecule has 1 atom stereocenters. The summed E-state index contributed by atoms with van der Waals surface area (Å²) in [5, 5.41) is 12.3. The second kappa shape index (κ2) is 9.03. The molecule has 0 aliphatic rings. The average Bonchev–Trinajstić information content (AvgIpc) is 2.60. The highest BCUT2D eigenvalue weighted by atomic mass is 16.5. The van der Waals surface area contributed by atoms with E-state index >= 15 is 0 Å². The first-order valence-corrected chi connectivity index (χ1v) is 8.16. The molecule has 6 heteroatoms. The number of nitrogens with one attached hydrogen (secondary N) is 1. The third kappa shape index (κ3) is 5.46. The number of pyridine rings is 1. The lowest BCUT2D eigenvalue weighted by atomic mass is 10.0. The molecule has 0 amide bonds. The summed E-state index contributed by atoms with van der Waals surface area (Å²) in [6.07, 6.45) is 3.46. The van der Waals surface area contributed by atoms with E-state index in [2.05, 4.69) is 10.3 Å². The maximum absolute atomic E-state index is 11.3. The van der Waals surface area contributed by atoms with Gasteiger partial charge in [-0.3, -0.25) is 9.78 Å².